The molecule has 0 fully saturated rings. The van der Waals surface area contributed by atoms with E-state index in [0.717, 1.165) is 12.1 Å². The summed E-state index contributed by atoms with van der Waals surface area (Å²) in [7, 11) is 0. The lowest BCUT2D eigenvalue weighted by Gasteiger charge is -2.09. The Morgan fingerprint density at radius 1 is 1.22 bits per heavy atom. The number of ether oxygens (including phenoxy) is 1. The Morgan fingerprint density at radius 2 is 2.00 bits per heavy atom. The first-order valence-electron chi connectivity index (χ1n) is 5.39. The van der Waals surface area contributed by atoms with Gasteiger partial charge in [-0.25, -0.2) is 13.8 Å². The quantitative estimate of drug-likeness (QED) is 0.911. The summed E-state index contributed by atoms with van der Waals surface area (Å²) in [6.45, 7) is 1.97. The second-order valence-electron chi connectivity index (χ2n) is 3.57. The fraction of sp³-hybridized carbons (Fsp3) is 0.154. The molecule has 1 heterocycles. The van der Waals surface area contributed by atoms with Crippen LogP contribution in [-0.4, -0.2) is 16.7 Å². The number of aromatic nitrogens is 1. The van der Waals surface area contributed by atoms with Gasteiger partial charge in [-0.1, -0.05) is 0 Å². The smallest absolute Gasteiger partial charge is 0.251 e. The molecule has 0 spiro atoms. The van der Waals surface area contributed by atoms with E-state index in [0.29, 0.717) is 0 Å². The number of aromatic hydroxyl groups is 1. The van der Waals surface area contributed by atoms with E-state index >= 15 is 0 Å². The number of hydrogen-bond acceptors (Lipinski definition) is 3. The van der Waals surface area contributed by atoms with Crippen LogP contribution in [0.5, 0.6) is 11.6 Å². The third-order valence-electron chi connectivity index (χ3n) is 2.39. The number of rotatable bonds is 3. The van der Waals surface area contributed by atoms with Crippen LogP contribution in [-0.2, 0) is 0 Å². The largest absolute Gasteiger partial charge is 0.507 e. The van der Waals surface area contributed by atoms with Gasteiger partial charge in [-0.3, -0.25) is 0 Å². The van der Waals surface area contributed by atoms with Crippen molar-refractivity contribution in [2.24, 2.45) is 0 Å². The number of phenolic OH excluding ortho intramolecular Hbond substituents is 1. The third-order valence-corrected chi connectivity index (χ3v) is 2.39. The summed E-state index contributed by atoms with van der Waals surface area (Å²) >= 11 is 0. The van der Waals surface area contributed by atoms with Gasteiger partial charge < -0.3 is 9.84 Å². The van der Waals surface area contributed by atoms with Crippen LogP contribution in [0.4, 0.5) is 8.78 Å². The molecule has 1 aromatic carbocycles. The summed E-state index contributed by atoms with van der Waals surface area (Å²) < 4.78 is 32.2. The number of nitrogens with zero attached hydrogens (tertiary/aromatic N) is 1. The molecule has 0 radical (unpaired) electrons. The van der Waals surface area contributed by atoms with Gasteiger partial charge in [0.1, 0.15) is 11.6 Å². The van der Waals surface area contributed by atoms with E-state index < -0.39 is 11.6 Å². The SMILES string of the molecule is CCOc1nccc(-c2cc(F)ccc2O)c1F. The van der Waals surface area contributed by atoms with Crippen molar-refractivity contribution < 1.29 is 18.6 Å². The van der Waals surface area contributed by atoms with Gasteiger partial charge in [0.2, 0.25) is 0 Å². The Kier molecular flexibility index (Phi) is 3.41. The van der Waals surface area contributed by atoms with Gasteiger partial charge in [-0.05, 0) is 31.2 Å². The van der Waals surface area contributed by atoms with Crippen molar-refractivity contribution in [1.29, 1.82) is 0 Å². The summed E-state index contributed by atoms with van der Waals surface area (Å²) in [5.74, 6) is -1.65. The minimum Gasteiger partial charge on any atom is -0.507 e. The van der Waals surface area contributed by atoms with Crippen LogP contribution in [0.25, 0.3) is 11.1 Å². The summed E-state index contributed by atoms with van der Waals surface area (Å²) in [4.78, 5) is 3.73. The zero-order valence-corrected chi connectivity index (χ0v) is 9.65. The molecule has 0 saturated heterocycles. The second kappa shape index (κ2) is 5.00. The van der Waals surface area contributed by atoms with E-state index in [1.807, 2.05) is 0 Å². The maximum Gasteiger partial charge on any atom is 0.251 e. The van der Waals surface area contributed by atoms with Crippen LogP contribution in [0.2, 0.25) is 0 Å². The van der Waals surface area contributed by atoms with Crippen molar-refractivity contribution in [3.63, 3.8) is 0 Å². The molecule has 94 valence electrons. The molecule has 1 aromatic heterocycles. The fourth-order valence-electron chi connectivity index (χ4n) is 1.59. The summed E-state index contributed by atoms with van der Waals surface area (Å²) in [6.07, 6.45) is 1.34. The number of phenols is 1. The average molecular weight is 251 g/mol. The maximum atomic E-state index is 14.0. The van der Waals surface area contributed by atoms with E-state index in [-0.39, 0.29) is 29.4 Å². The van der Waals surface area contributed by atoms with Crippen molar-refractivity contribution in [2.75, 3.05) is 6.61 Å². The van der Waals surface area contributed by atoms with Crippen LogP contribution in [0.1, 0.15) is 6.92 Å². The lowest BCUT2D eigenvalue weighted by Crippen LogP contribution is -1.99. The Morgan fingerprint density at radius 3 is 2.72 bits per heavy atom. The van der Waals surface area contributed by atoms with E-state index in [9.17, 15) is 13.9 Å². The minimum atomic E-state index is -0.722. The maximum absolute atomic E-state index is 14.0. The summed E-state index contributed by atoms with van der Waals surface area (Å²) in [5.41, 5.74) is 0.112. The normalized spacial score (nSPS) is 10.4. The van der Waals surface area contributed by atoms with Gasteiger partial charge in [-0.15, -0.1) is 0 Å². The zero-order chi connectivity index (χ0) is 13.1. The molecule has 0 aliphatic carbocycles. The van der Waals surface area contributed by atoms with Crippen LogP contribution in [0.15, 0.2) is 30.5 Å². The topological polar surface area (TPSA) is 42.4 Å². The average Bonchev–Trinajstić information content (AvgIpc) is 2.35. The van der Waals surface area contributed by atoms with Gasteiger partial charge in [-0.2, -0.15) is 0 Å². The first kappa shape index (κ1) is 12.3. The van der Waals surface area contributed by atoms with Crippen molar-refractivity contribution in [2.45, 2.75) is 6.92 Å². The van der Waals surface area contributed by atoms with Crippen molar-refractivity contribution in [1.82, 2.24) is 4.98 Å². The Labute approximate surface area is 103 Å². The molecule has 3 nitrogen and oxygen atoms in total. The molecule has 2 aromatic rings. The first-order chi connectivity index (χ1) is 8.63. The molecule has 5 heteroatoms. The molecule has 0 unspecified atom stereocenters. The van der Waals surface area contributed by atoms with Gasteiger partial charge in [0.25, 0.3) is 5.88 Å². The molecule has 0 amide bonds. The predicted octanol–water partition coefficient (Wildman–Crippen LogP) is 3.13. The molecule has 0 atom stereocenters. The monoisotopic (exact) mass is 251 g/mol. The van der Waals surface area contributed by atoms with Crippen LogP contribution < -0.4 is 4.74 Å². The predicted molar refractivity (Wildman–Crippen MR) is 62.4 cm³/mol. The standard InChI is InChI=1S/C13H11F2NO2/c1-2-18-13-12(15)9(5-6-16-13)10-7-8(14)3-4-11(10)17/h3-7,17H,2H2,1H3. The van der Waals surface area contributed by atoms with Crippen LogP contribution in [0, 0.1) is 11.6 Å². The lowest BCUT2D eigenvalue weighted by molar-refractivity contribution is 0.308. The molecule has 18 heavy (non-hydrogen) atoms. The zero-order valence-electron chi connectivity index (χ0n) is 9.65. The van der Waals surface area contributed by atoms with Gasteiger partial charge in [0, 0.05) is 17.3 Å². The molecule has 0 saturated carbocycles. The van der Waals surface area contributed by atoms with Crippen molar-refractivity contribution in [3.8, 4) is 22.8 Å². The Hall–Kier alpha value is -2.17. The summed E-state index contributed by atoms with van der Waals surface area (Å²) in [5, 5.41) is 9.64. The van der Waals surface area contributed by atoms with E-state index in [1.54, 1.807) is 6.92 Å². The molecule has 1 N–H and O–H groups in total. The van der Waals surface area contributed by atoms with Gasteiger partial charge >= 0.3 is 0 Å². The second-order valence-corrected chi connectivity index (χ2v) is 3.57. The molecule has 0 aliphatic heterocycles. The number of hydrogen-bond donors (Lipinski definition) is 1. The Bertz CT molecular complexity index is 573. The molecule has 2 rings (SSSR count). The van der Waals surface area contributed by atoms with Gasteiger partial charge in [0.05, 0.1) is 6.61 Å². The number of halogens is 2. The minimum absolute atomic E-state index is 0.0467. The molecule has 0 bridgehead atoms. The molecular weight excluding hydrogens is 240 g/mol. The third kappa shape index (κ3) is 2.25. The van der Waals surface area contributed by atoms with Gasteiger partial charge in [0.15, 0.2) is 5.82 Å². The molecular formula is C13H11F2NO2. The highest BCUT2D eigenvalue weighted by atomic mass is 19.1. The highest BCUT2D eigenvalue weighted by Gasteiger charge is 2.15. The van der Waals surface area contributed by atoms with E-state index in [4.69, 9.17) is 4.74 Å². The highest BCUT2D eigenvalue weighted by molar-refractivity contribution is 5.71. The highest BCUT2D eigenvalue weighted by Crippen LogP contribution is 2.33. The fourth-order valence-corrected chi connectivity index (χ4v) is 1.59. The van der Waals surface area contributed by atoms with Crippen LogP contribution >= 0.6 is 0 Å². The van der Waals surface area contributed by atoms with Crippen molar-refractivity contribution >= 4 is 0 Å². The lowest BCUT2D eigenvalue weighted by atomic mass is 10.1. The first-order valence-corrected chi connectivity index (χ1v) is 5.39. The summed E-state index contributed by atoms with van der Waals surface area (Å²) in [6, 6.07) is 4.68. The molecule has 0 aliphatic rings. The number of pyridine rings is 1. The van der Waals surface area contributed by atoms with Crippen molar-refractivity contribution in [3.05, 3.63) is 42.1 Å². The number of benzene rings is 1. The Balaban J connectivity index is 2.57. The van der Waals surface area contributed by atoms with E-state index in [1.165, 1.54) is 18.3 Å². The van der Waals surface area contributed by atoms with Crippen LogP contribution in [0.3, 0.4) is 0 Å². The van der Waals surface area contributed by atoms with E-state index in [2.05, 4.69) is 4.98 Å².